The second-order valence-corrected chi connectivity index (χ2v) is 9.58. The number of methoxy groups -OCH3 is 1. The molecule has 0 saturated carbocycles. The fourth-order valence-electron chi connectivity index (χ4n) is 3.34. The maximum absolute atomic E-state index is 13.6. The maximum atomic E-state index is 13.6. The third kappa shape index (κ3) is 5.36. The second kappa shape index (κ2) is 9.97. The number of benzene rings is 3. The van der Waals surface area contributed by atoms with Gasteiger partial charge in [0.2, 0.25) is 15.9 Å². The number of hydrogen-bond acceptors (Lipinski definition) is 4. The van der Waals surface area contributed by atoms with Crippen LogP contribution in [-0.4, -0.2) is 39.3 Å². The van der Waals surface area contributed by atoms with Crippen LogP contribution >= 0.6 is 0 Å². The first-order valence-electron chi connectivity index (χ1n) is 10.2. The Kier molecular flexibility index (Phi) is 7.33. The van der Waals surface area contributed by atoms with Crippen LogP contribution in [0.25, 0.3) is 0 Å². The Morgan fingerprint density at radius 2 is 1.59 bits per heavy atom. The Hall–Kier alpha value is -3.16. The smallest absolute Gasteiger partial charge is 0.244 e. The largest absolute Gasteiger partial charge is 0.497 e. The van der Waals surface area contributed by atoms with Gasteiger partial charge in [-0.2, -0.15) is 4.31 Å². The monoisotopic (exact) mass is 452 g/mol. The van der Waals surface area contributed by atoms with Crippen molar-refractivity contribution in [3.05, 3.63) is 89.5 Å². The molecule has 0 aliphatic heterocycles. The Morgan fingerprint density at radius 1 is 0.938 bits per heavy atom. The van der Waals surface area contributed by atoms with E-state index in [-0.39, 0.29) is 23.9 Å². The van der Waals surface area contributed by atoms with Gasteiger partial charge in [0.25, 0.3) is 0 Å². The number of likely N-dealkylation sites (N-methyl/N-ethyl adjacent to an activating group) is 1. The molecule has 0 aliphatic rings. The van der Waals surface area contributed by atoms with E-state index in [1.165, 1.54) is 9.21 Å². The van der Waals surface area contributed by atoms with Crippen LogP contribution in [0.1, 0.15) is 16.7 Å². The highest BCUT2D eigenvalue weighted by Gasteiger charge is 2.29. The molecule has 3 aromatic rings. The lowest BCUT2D eigenvalue weighted by Gasteiger charge is -2.26. The summed E-state index contributed by atoms with van der Waals surface area (Å²) in [5.74, 6) is 0.345. The minimum Gasteiger partial charge on any atom is -0.497 e. The molecule has 0 saturated heterocycles. The summed E-state index contributed by atoms with van der Waals surface area (Å²) >= 11 is 0. The van der Waals surface area contributed by atoms with Gasteiger partial charge in [0.05, 0.1) is 18.6 Å². The van der Waals surface area contributed by atoms with E-state index in [9.17, 15) is 13.2 Å². The number of amides is 1. The van der Waals surface area contributed by atoms with Crippen molar-refractivity contribution in [2.45, 2.75) is 25.3 Å². The van der Waals surface area contributed by atoms with Crippen molar-refractivity contribution in [2.75, 3.05) is 25.6 Å². The molecule has 0 spiro atoms. The lowest BCUT2D eigenvalue weighted by molar-refractivity contribution is -0.118. The third-order valence-corrected chi connectivity index (χ3v) is 7.24. The zero-order valence-corrected chi connectivity index (χ0v) is 19.6. The molecule has 3 rings (SSSR count). The first kappa shape index (κ1) is 23.5. The SMILES string of the molecule is COc1ccc(N(C)C(=O)CN(Cc2ccccc2)S(=O)(=O)c2cc(C)ccc2C)cc1. The van der Waals surface area contributed by atoms with Gasteiger partial charge in [0, 0.05) is 19.3 Å². The summed E-state index contributed by atoms with van der Waals surface area (Å²) in [5, 5.41) is 0. The molecule has 0 radical (unpaired) electrons. The molecule has 0 bridgehead atoms. The summed E-state index contributed by atoms with van der Waals surface area (Å²) in [6.07, 6.45) is 0. The van der Waals surface area contributed by atoms with E-state index in [4.69, 9.17) is 4.74 Å². The van der Waals surface area contributed by atoms with Crippen LogP contribution < -0.4 is 9.64 Å². The van der Waals surface area contributed by atoms with Gasteiger partial charge in [-0.05, 0) is 60.9 Å². The standard InChI is InChI=1S/C25H28N2O4S/c1-19-10-11-20(2)24(16-19)32(29,30)27(17-21-8-6-5-7-9-21)18-25(28)26(3)22-12-14-23(31-4)15-13-22/h5-16H,17-18H2,1-4H3. The average Bonchev–Trinajstić information content (AvgIpc) is 2.80. The van der Waals surface area contributed by atoms with E-state index < -0.39 is 10.0 Å². The number of anilines is 1. The molecule has 3 aromatic carbocycles. The molecule has 7 heteroatoms. The fraction of sp³-hybridized carbons (Fsp3) is 0.240. The van der Waals surface area contributed by atoms with Crippen molar-refractivity contribution in [3.8, 4) is 5.75 Å². The van der Waals surface area contributed by atoms with Gasteiger partial charge in [0.15, 0.2) is 0 Å². The molecule has 6 nitrogen and oxygen atoms in total. The number of nitrogens with zero attached hydrogens (tertiary/aromatic N) is 2. The van der Waals surface area contributed by atoms with Crippen molar-refractivity contribution in [2.24, 2.45) is 0 Å². The van der Waals surface area contributed by atoms with Crippen LogP contribution in [-0.2, 0) is 21.4 Å². The predicted molar refractivity (Wildman–Crippen MR) is 126 cm³/mol. The molecule has 0 N–H and O–H groups in total. The summed E-state index contributed by atoms with van der Waals surface area (Å²) in [6.45, 7) is 3.42. The highest BCUT2D eigenvalue weighted by molar-refractivity contribution is 7.89. The number of sulfonamides is 1. The second-order valence-electron chi connectivity index (χ2n) is 7.68. The van der Waals surface area contributed by atoms with Crippen molar-refractivity contribution in [1.82, 2.24) is 4.31 Å². The van der Waals surface area contributed by atoms with Crippen molar-refractivity contribution in [1.29, 1.82) is 0 Å². The Balaban J connectivity index is 1.93. The van der Waals surface area contributed by atoms with Crippen LogP contribution in [0.2, 0.25) is 0 Å². The zero-order valence-electron chi connectivity index (χ0n) is 18.8. The minimum atomic E-state index is -3.91. The van der Waals surface area contributed by atoms with Gasteiger partial charge >= 0.3 is 0 Å². The topological polar surface area (TPSA) is 66.9 Å². The lowest BCUT2D eigenvalue weighted by atomic mass is 10.2. The van der Waals surface area contributed by atoms with Gasteiger partial charge in [-0.15, -0.1) is 0 Å². The molecule has 0 fully saturated rings. The van der Waals surface area contributed by atoms with Crippen LogP contribution in [0.5, 0.6) is 5.75 Å². The average molecular weight is 453 g/mol. The summed E-state index contributed by atoms with van der Waals surface area (Å²) < 4.78 is 33.7. The van der Waals surface area contributed by atoms with Crippen molar-refractivity contribution < 1.29 is 17.9 Å². The van der Waals surface area contributed by atoms with Crippen LogP contribution in [0.3, 0.4) is 0 Å². The van der Waals surface area contributed by atoms with E-state index in [1.54, 1.807) is 57.5 Å². The molecule has 0 unspecified atom stereocenters. The van der Waals surface area contributed by atoms with Crippen LogP contribution in [0, 0.1) is 13.8 Å². The molecule has 0 aliphatic carbocycles. The fourth-order valence-corrected chi connectivity index (χ4v) is 5.03. The van der Waals surface area contributed by atoms with Gasteiger partial charge in [-0.25, -0.2) is 8.42 Å². The molecular weight excluding hydrogens is 424 g/mol. The van der Waals surface area contributed by atoms with E-state index >= 15 is 0 Å². The highest BCUT2D eigenvalue weighted by Crippen LogP contribution is 2.24. The molecule has 168 valence electrons. The first-order valence-corrected chi connectivity index (χ1v) is 11.7. The molecule has 0 aromatic heterocycles. The van der Waals surface area contributed by atoms with E-state index in [0.29, 0.717) is 17.0 Å². The van der Waals surface area contributed by atoms with Crippen LogP contribution in [0.4, 0.5) is 5.69 Å². The third-order valence-electron chi connectivity index (χ3n) is 5.31. The number of carbonyl (C=O) groups excluding carboxylic acids is 1. The maximum Gasteiger partial charge on any atom is 0.244 e. The molecule has 0 heterocycles. The van der Waals surface area contributed by atoms with Gasteiger partial charge < -0.3 is 9.64 Å². The first-order chi connectivity index (χ1) is 15.2. The number of rotatable bonds is 8. The molecule has 32 heavy (non-hydrogen) atoms. The quantitative estimate of drug-likeness (QED) is 0.515. The van der Waals surface area contributed by atoms with Crippen LogP contribution in [0.15, 0.2) is 77.7 Å². The predicted octanol–water partition coefficient (Wildman–Crippen LogP) is 4.17. The number of ether oxygens (including phenoxy) is 1. The van der Waals surface area contributed by atoms with Gasteiger partial charge in [-0.3, -0.25) is 4.79 Å². The number of carbonyl (C=O) groups is 1. The Bertz CT molecular complexity index is 1180. The van der Waals surface area contributed by atoms with E-state index in [0.717, 1.165) is 11.1 Å². The minimum absolute atomic E-state index is 0.0960. The van der Waals surface area contributed by atoms with Gasteiger partial charge in [0.1, 0.15) is 5.75 Å². The van der Waals surface area contributed by atoms with E-state index in [1.807, 2.05) is 43.3 Å². The normalized spacial score (nSPS) is 11.4. The summed E-state index contributed by atoms with van der Waals surface area (Å²) in [6, 6.07) is 21.6. The summed E-state index contributed by atoms with van der Waals surface area (Å²) in [4.78, 5) is 14.8. The Labute approximate surface area is 190 Å². The van der Waals surface area contributed by atoms with Crippen molar-refractivity contribution >= 4 is 21.6 Å². The molecular formula is C25H28N2O4S. The number of hydrogen-bond donors (Lipinski definition) is 0. The summed E-state index contributed by atoms with van der Waals surface area (Å²) in [7, 11) is -0.701. The lowest BCUT2D eigenvalue weighted by Crippen LogP contribution is -2.41. The molecule has 1 amide bonds. The van der Waals surface area contributed by atoms with E-state index in [2.05, 4.69) is 0 Å². The Morgan fingerprint density at radius 3 is 2.22 bits per heavy atom. The molecule has 0 atom stereocenters. The highest BCUT2D eigenvalue weighted by atomic mass is 32.2. The summed E-state index contributed by atoms with van der Waals surface area (Å²) in [5.41, 5.74) is 2.95. The number of aryl methyl sites for hydroxylation is 2. The zero-order chi connectivity index (χ0) is 23.3. The van der Waals surface area contributed by atoms with Gasteiger partial charge in [-0.1, -0.05) is 42.5 Å². The van der Waals surface area contributed by atoms with Crippen molar-refractivity contribution in [3.63, 3.8) is 0 Å².